The Labute approximate surface area is 109 Å². The molecule has 1 fully saturated rings. The number of pyridine rings is 1. The summed E-state index contributed by atoms with van der Waals surface area (Å²) in [6.07, 6.45) is 6.21. The van der Waals surface area contributed by atoms with Crippen molar-refractivity contribution < 1.29 is 0 Å². The fourth-order valence-electron chi connectivity index (χ4n) is 2.00. The number of hydrogen-bond acceptors (Lipinski definition) is 3. The third-order valence-electron chi connectivity index (χ3n) is 2.94. The Hall–Kier alpha value is -0.320. The van der Waals surface area contributed by atoms with Crippen LogP contribution < -0.4 is 11.1 Å². The van der Waals surface area contributed by atoms with E-state index in [1.54, 1.807) is 6.20 Å². The first-order valence-corrected chi connectivity index (χ1v) is 6.65. The lowest BCUT2D eigenvalue weighted by atomic mass is 9.92. The molecule has 0 saturated heterocycles. The van der Waals surface area contributed by atoms with Crippen molar-refractivity contribution in [3.63, 3.8) is 0 Å². The van der Waals surface area contributed by atoms with Crippen LogP contribution in [-0.2, 0) is 0 Å². The summed E-state index contributed by atoms with van der Waals surface area (Å²) >= 11 is 9.21. The Bertz CT molecular complexity index is 364. The Morgan fingerprint density at radius 1 is 1.38 bits per heavy atom. The van der Waals surface area contributed by atoms with Gasteiger partial charge < -0.3 is 11.1 Å². The van der Waals surface area contributed by atoms with Crippen LogP contribution in [0.25, 0.3) is 0 Å². The van der Waals surface area contributed by atoms with Gasteiger partial charge in [-0.05, 0) is 47.7 Å². The summed E-state index contributed by atoms with van der Waals surface area (Å²) in [5.41, 5.74) is 6.88. The normalized spacial score (nSPS) is 25.4. The van der Waals surface area contributed by atoms with Gasteiger partial charge in [-0.15, -0.1) is 0 Å². The molecule has 0 radical (unpaired) electrons. The van der Waals surface area contributed by atoms with Crippen molar-refractivity contribution in [1.82, 2.24) is 4.98 Å². The van der Waals surface area contributed by atoms with Gasteiger partial charge in [0.2, 0.25) is 0 Å². The van der Waals surface area contributed by atoms with E-state index >= 15 is 0 Å². The van der Waals surface area contributed by atoms with Crippen LogP contribution in [0.2, 0.25) is 5.15 Å². The molecule has 2 rings (SSSR count). The largest absolute Gasteiger partial charge is 0.381 e. The summed E-state index contributed by atoms with van der Waals surface area (Å²) < 4.78 is 0.826. The van der Waals surface area contributed by atoms with E-state index < -0.39 is 0 Å². The van der Waals surface area contributed by atoms with Gasteiger partial charge in [0.1, 0.15) is 5.15 Å². The van der Waals surface area contributed by atoms with Crippen molar-refractivity contribution >= 4 is 33.2 Å². The van der Waals surface area contributed by atoms with Crippen LogP contribution in [0.15, 0.2) is 16.7 Å². The van der Waals surface area contributed by atoms with E-state index in [0.29, 0.717) is 17.2 Å². The molecule has 0 atom stereocenters. The topological polar surface area (TPSA) is 50.9 Å². The first kappa shape index (κ1) is 12.1. The van der Waals surface area contributed by atoms with E-state index in [9.17, 15) is 0 Å². The zero-order valence-electron chi connectivity index (χ0n) is 8.92. The SMILES string of the molecule is NC1CCC(Nc2cnc(Cl)c(Br)c2)CC1. The molecule has 16 heavy (non-hydrogen) atoms. The van der Waals surface area contributed by atoms with Gasteiger partial charge in [0.25, 0.3) is 0 Å². The van der Waals surface area contributed by atoms with E-state index in [4.69, 9.17) is 17.3 Å². The average Bonchev–Trinajstić information content (AvgIpc) is 2.27. The number of aromatic nitrogens is 1. The lowest BCUT2D eigenvalue weighted by Crippen LogP contribution is -2.32. The van der Waals surface area contributed by atoms with E-state index in [2.05, 4.69) is 26.2 Å². The summed E-state index contributed by atoms with van der Waals surface area (Å²) in [6.45, 7) is 0. The van der Waals surface area contributed by atoms with Gasteiger partial charge in [-0.1, -0.05) is 11.6 Å². The van der Waals surface area contributed by atoms with Gasteiger partial charge in [0.05, 0.1) is 16.4 Å². The van der Waals surface area contributed by atoms with Crippen LogP contribution >= 0.6 is 27.5 Å². The fourth-order valence-corrected chi connectivity index (χ4v) is 2.45. The van der Waals surface area contributed by atoms with Gasteiger partial charge >= 0.3 is 0 Å². The predicted octanol–water partition coefficient (Wildman–Crippen LogP) is 3.18. The molecule has 1 aliphatic carbocycles. The van der Waals surface area contributed by atoms with E-state index in [0.717, 1.165) is 35.8 Å². The molecule has 3 nitrogen and oxygen atoms in total. The zero-order chi connectivity index (χ0) is 11.5. The predicted molar refractivity (Wildman–Crippen MR) is 70.8 cm³/mol. The second-order valence-corrected chi connectivity index (χ2v) is 5.47. The molecule has 0 unspecified atom stereocenters. The van der Waals surface area contributed by atoms with Crippen LogP contribution in [0, 0.1) is 0 Å². The maximum absolute atomic E-state index is 5.87. The molecule has 0 bridgehead atoms. The number of rotatable bonds is 2. The second-order valence-electron chi connectivity index (χ2n) is 4.25. The van der Waals surface area contributed by atoms with Crippen molar-refractivity contribution in [2.24, 2.45) is 5.73 Å². The molecule has 0 aromatic carbocycles. The molecule has 0 spiro atoms. The molecule has 1 aromatic heterocycles. The standard InChI is InChI=1S/C11H15BrClN3/c12-10-5-9(6-15-11(10)13)16-8-3-1-7(14)2-4-8/h5-8,16H,1-4,14H2. The Morgan fingerprint density at radius 2 is 2.06 bits per heavy atom. The lowest BCUT2D eigenvalue weighted by molar-refractivity contribution is 0.411. The number of nitrogens with two attached hydrogens (primary N) is 1. The number of anilines is 1. The Morgan fingerprint density at radius 3 is 2.69 bits per heavy atom. The Balaban J connectivity index is 1.96. The maximum Gasteiger partial charge on any atom is 0.143 e. The molecule has 5 heteroatoms. The maximum atomic E-state index is 5.87. The molecule has 88 valence electrons. The van der Waals surface area contributed by atoms with E-state index in [-0.39, 0.29) is 0 Å². The van der Waals surface area contributed by atoms with Crippen LogP contribution in [0.3, 0.4) is 0 Å². The fraction of sp³-hybridized carbons (Fsp3) is 0.545. The van der Waals surface area contributed by atoms with E-state index in [1.165, 1.54) is 0 Å². The summed E-state index contributed by atoms with van der Waals surface area (Å²) in [5, 5.41) is 3.96. The monoisotopic (exact) mass is 303 g/mol. The smallest absolute Gasteiger partial charge is 0.143 e. The molecule has 0 aliphatic heterocycles. The third-order valence-corrected chi connectivity index (χ3v) is 4.07. The number of nitrogens with zero attached hydrogens (tertiary/aromatic N) is 1. The first-order chi connectivity index (χ1) is 7.65. The molecule has 0 amide bonds. The summed E-state index contributed by atoms with van der Waals surface area (Å²) in [5.74, 6) is 0. The third kappa shape index (κ3) is 3.09. The molecule has 1 aromatic rings. The quantitative estimate of drug-likeness (QED) is 0.825. The molecule has 1 aliphatic rings. The van der Waals surface area contributed by atoms with Crippen LogP contribution in [-0.4, -0.2) is 17.1 Å². The van der Waals surface area contributed by atoms with Gasteiger partial charge in [0, 0.05) is 12.1 Å². The number of nitrogens with one attached hydrogen (secondary N) is 1. The second kappa shape index (κ2) is 5.34. The molecule has 1 heterocycles. The van der Waals surface area contributed by atoms with E-state index in [1.807, 2.05) is 6.07 Å². The average molecular weight is 305 g/mol. The molecular formula is C11H15BrClN3. The van der Waals surface area contributed by atoms with Gasteiger partial charge in [0.15, 0.2) is 0 Å². The van der Waals surface area contributed by atoms with Crippen LogP contribution in [0.4, 0.5) is 5.69 Å². The number of hydrogen-bond donors (Lipinski definition) is 2. The summed E-state index contributed by atoms with van der Waals surface area (Å²) in [6, 6.07) is 2.85. The van der Waals surface area contributed by atoms with Gasteiger partial charge in [-0.25, -0.2) is 4.98 Å². The van der Waals surface area contributed by atoms with Crippen LogP contribution in [0.5, 0.6) is 0 Å². The summed E-state index contributed by atoms with van der Waals surface area (Å²) in [4.78, 5) is 4.09. The van der Waals surface area contributed by atoms with Crippen LogP contribution in [0.1, 0.15) is 25.7 Å². The van der Waals surface area contributed by atoms with Crippen molar-refractivity contribution in [2.45, 2.75) is 37.8 Å². The lowest BCUT2D eigenvalue weighted by Gasteiger charge is -2.27. The van der Waals surface area contributed by atoms with Crippen molar-refractivity contribution in [1.29, 1.82) is 0 Å². The highest BCUT2D eigenvalue weighted by atomic mass is 79.9. The molecule has 3 N–H and O–H groups in total. The minimum atomic E-state index is 0.383. The molecular weight excluding hydrogens is 289 g/mol. The van der Waals surface area contributed by atoms with Crippen molar-refractivity contribution in [2.75, 3.05) is 5.32 Å². The zero-order valence-corrected chi connectivity index (χ0v) is 11.3. The highest BCUT2D eigenvalue weighted by Gasteiger charge is 2.18. The molecule has 1 saturated carbocycles. The minimum Gasteiger partial charge on any atom is -0.381 e. The number of halogens is 2. The minimum absolute atomic E-state index is 0.383. The van der Waals surface area contributed by atoms with Crippen molar-refractivity contribution in [3.8, 4) is 0 Å². The Kier molecular flexibility index (Phi) is 4.05. The van der Waals surface area contributed by atoms with Crippen molar-refractivity contribution in [3.05, 3.63) is 21.9 Å². The summed E-state index contributed by atoms with van der Waals surface area (Å²) in [7, 11) is 0. The highest BCUT2D eigenvalue weighted by Crippen LogP contribution is 2.25. The van der Waals surface area contributed by atoms with Gasteiger partial charge in [-0.3, -0.25) is 0 Å². The highest BCUT2D eigenvalue weighted by molar-refractivity contribution is 9.10. The first-order valence-electron chi connectivity index (χ1n) is 5.48. The van der Waals surface area contributed by atoms with Gasteiger partial charge in [-0.2, -0.15) is 0 Å².